The molecule has 8 nitrogen and oxygen atoms in total. The molecule has 0 unspecified atom stereocenters. The molecular weight excluding hydrogens is 484 g/mol. The van der Waals surface area contributed by atoms with Crippen molar-refractivity contribution in [3.05, 3.63) is 94.0 Å². The Morgan fingerprint density at radius 3 is 2.26 bits per heavy atom. The van der Waals surface area contributed by atoms with Crippen LogP contribution in [0.5, 0.6) is 0 Å². The molecule has 0 saturated carbocycles. The first kappa shape index (κ1) is 25.2. The summed E-state index contributed by atoms with van der Waals surface area (Å²) < 4.78 is 27.6. The van der Waals surface area contributed by atoms with Crippen molar-refractivity contribution in [1.29, 1.82) is 0 Å². The Hall–Kier alpha value is -2.92. The Bertz CT molecular complexity index is 1260. The van der Waals surface area contributed by atoms with Crippen molar-refractivity contribution in [2.24, 2.45) is 0 Å². The highest BCUT2D eigenvalue weighted by atomic mass is 32.2. The topological polar surface area (TPSA) is 95.8 Å². The number of anilines is 1. The van der Waals surface area contributed by atoms with Crippen molar-refractivity contribution in [2.45, 2.75) is 22.9 Å². The number of thioether (sulfide) groups is 1. The number of nitro groups is 1. The molecule has 3 aromatic rings. The fourth-order valence-electron chi connectivity index (χ4n) is 4.11. The van der Waals surface area contributed by atoms with Crippen LogP contribution in [0.1, 0.15) is 11.1 Å². The zero-order chi connectivity index (χ0) is 24.8. The minimum atomic E-state index is -3.56. The lowest BCUT2D eigenvalue weighted by atomic mass is 10.1. The van der Waals surface area contributed by atoms with Gasteiger partial charge in [-0.05, 0) is 48.2 Å². The number of hydrogen-bond acceptors (Lipinski definition) is 7. The Labute approximate surface area is 210 Å². The predicted molar refractivity (Wildman–Crippen MR) is 139 cm³/mol. The second-order valence-electron chi connectivity index (χ2n) is 8.23. The quantitative estimate of drug-likeness (QED) is 0.262. The van der Waals surface area contributed by atoms with E-state index in [9.17, 15) is 18.5 Å². The third-order valence-electron chi connectivity index (χ3n) is 6.05. The van der Waals surface area contributed by atoms with Gasteiger partial charge in [-0.2, -0.15) is 4.31 Å². The number of rotatable bonds is 9. The minimum Gasteiger partial charge on any atom is -0.369 e. The molecule has 0 amide bonds. The summed E-state index contributed by atoms with van der Waals surface area (Å²) in [6.45, 7) is 2.69. The smallest absolute Gasteiger partial charge is 0.274 e. The number of piperazine rings is 1. The van der Waals surface area contributed by atoms with Crippen LogP contribution in [0.2, 0.25) is 0 Å². The molecule has 1 aliphatic heterocycles. The molecule has 1 aliphatic rings. The van der Waals surface area contributed by atoms with Crippen LogP contribution in [-0.4, -0.2) is 50.1 Å². The summed E-state index contributed by atoms with van der Waals surface area (Å²) in [5, 5.41) is 14.8. The van der Waals surface area contributed by atoms with Crippen molar-refractivity contribution in [1.82, 2.24) is 9.62 Å². The summed E-state index contributed by atoms with van der Waals surface area (Å²) in [6, 6.07) is 21.9. The molecule has 0 bridgehead atoms. The molecule has 0 spiro atoms. The normalized spacial score (nSPS) is 14.7. The molecule has 0 aliphatic carbocycles. The van der Waals surface area contributed by atoms with Gasteiger partial charge in [-0.25, -0.2) is 8.42 Å². The Morgan fingerprint density at radius 2 is 1.63 bits per heavy atom. The molecule has 1 N–H and O–H groups in total. The number of nitrogens with one attached hydrogen (secondary N) is 1. The van der Waals surface area contributed by atoms with Gasteiger partial charge in [-0.1, -0.05) is 30.3 Å². The predicted octanol–water partition coefficient (Wildman–Crippen LogP) is 4.12. The van der Waals surface area contributed by atoms with E-state index in [2.05, 4.69) is 10.2 Å². The van der Waals surface area contributed by atoms with E-state index in [1.54, 1.807) is 30.0 Å². The van der Waals surface area contributed by atoms with Crippen molar-refractivity contribution >= 4 is 33.2 Å². The maximum atomic E-state index is 13.1. The monoisotopic (exact) mass is 512 g/mol. The van der Waals surface area contributed by atoms with Crippen LogP contribution in [0.4, 0.5) is 11.4 Å². The molecule has 35 heavy (non-hydrogen) atoms. The van der Waals surface area contributed by atoms with Gasteiger partial charge in [0, 0.05) is 61.5 Å². The first-order chi connectivity index (χ1) is 16.9. The lowest BCUT2D eigenvalue weighted by Gasteiger charge is -2.35. The minimum absolute atomic E-state index is 0.0733. The van der Waals surface area contributed by atoms with Crippen LogP contribution in [-0.2, 0) is 23.1 Å². The van der Waals surface area contributed by atoms with Crippen molar-refractivity contribution in [3.8, 4) is 0 Å². The molecule has 1 heterocycles. The maximum Gasteiger partial charge on any atom is 0.274 e. The summed E-state index contributed by atoms with van der Waals surface area (Å²) in [7, 11) is -3.56. The molecular formula is C25H28N4O4S2. The SMILES string of the molecule is CSc1ccc(S(=O)(=O)N2CCN(c3ccc([N+](=O)[O-])c(CNCc4ccccc4)c3)CC2)cc1. The van der Waals surface area contributed by atoms with Crippen molar-refractivity contribution < 1.29 is 13.3 Å². The lowest BCUT2D eigenvalue weighted by molar-refractivity contribution is -0.385. The first-order valence-electron chi connectivity index (χ1n) is 11.3. The van der Waals surface area contributed by atoms with Gasteiger partial charge < -0.3 is 10.2 Å². The van der Waals surface area contributed by atoms with E-state index in [1.807, 2.05) is 54.8 Å². The zero-order valence-electron chi connectivity index (χ0n) is 19.5. The van der Waals surface area contributed by atoms with Crippen LogP contribution in [0.3, 0.4) is 0 Å². The van der Waals surface area contributed by atoms with Gasteiger partial charge >= 0.3 is 0 Å². The van der Waals surface area contributed by atoms with Crippen molar-refractivity contribution in [3.63, 3.8) is 0 Å². The number of nitrogens with zero attached hydrogens (tertiary/aromatic N) is 3. The second-order valence-corrected chi connectivity index (χ2v) is 11.0. The largest absolute Gasteiger partial charge is 0.369 e. The molecule has 1 fully saturated rings. The third-order valence-corrected chi connectivity index (χ3v) is 8.70. The van der Waals surface area contributed by atoms with E-state index >= 15 is 0 Å². The van der Waals surface area contributed by atoms with E-state index in [-0.39, 0.29) is 10.6 Å². The Balaban J connectivity index is 1.43. The maximum absolute atomic E-state index is 13.1. The third kappa shape index (κ3) is 6.02. The van der Waals surface area contributed by atoms with Gasteiger partial charge in [-0.15, -0.1) is 11.8 Å². The van der Waals surface area contributed by atoms with Gasteiger partial charge in [0.1, 0.15) is 0 Å². The highest BCUT2D eigenvalue weighted by molar-refractivity contribution is 7.98. The molecule has 10 heteroatoms. The average molecular weight is 513 g/mol. The summed E-state index contributed by atoms with van der Waals surface area (Å²) in [6.07, 6.45) is 1.95. The standard InChI is InChI=1S/C25H28N4O4S2/c1-34-23-8-10-24(11-9-23)35(32,33)28-15-13-27(14-16-28)22-7-12-25(29(30)31)21(17-22)19-26-18-20-5-3-2-4-6-20/h2-12,17,26H,13-16,18-19H2,1H3. The molecule has 3 aromatic carbocycles. The number of hydrogen-bond donors (Lipinski definition) is 1. The van der Waals surface area contributed by atoms with Crippen LogP contribution in [0.25, 0.3) is 0 Å². The summed E-state index contributed by atoms with van der Waals surface area (Å²) in [5.41, 5.74) is 2.64. The van der Waals surface area contributed by atoms with Gasteiger partial charge in [-0.3, -0.25) is 10.1 Å². The Kier molecular flexibility index (Phi) is 8.07. The van der Waals surface area contributed by atoms with E-state index in [0.717, 1.165) is 16.1 Å². The molecule has 1 saturated heterocycles. The fourth-order valence-corrected chi connectivity index (χ4v) is 5.94. The number of nitro benzene ring substituents is 1. The molecule has 0 aromatic heterocycles. The summed E-state index contributed by atoms with van der Waals surface area (Å²) in [5.74, 6) is 0. The zero-order valence-corrected chi connectivity index (χ0v) is 21.1. The van der Waals surface area contributed by atoms with E-state index < -0.39 is 10.0 Å². The van der Waals surface area contributed by atoms with Crippen LogP contribution in [0.15, 0.2) is 82.6 Å². The summed E-state index contributed by atoms with van der Waals surface area (Å²) >= 11 is 1.57. The van der Waals surface area contributed by atoms with Gasteiger partial charge in [0.15, 0.2) is 0 Å². The average Bonchev–Trinajstić information content (AvgIpc) is 2.89. The molecule has 184 valence electrons. The van der Waals surface area contributed by atoms with Gasteiger partial charge in [0.2, 0.25) is 10.0 Å². The summed E-state index contributed by atoms with van der Waals surface area (Å²) in [4.78, 5) is 14.6. The van der Waals surface area contributed by atoms with Crippen LogP contribution >= 0.6 is 11.8 Å². The Morgan fingerprint density at radius 1 is 0.943 bits per heavy atom. The van der Waals surface area contributed by atoms with E-state index in [1.165, 1.54) is 10.4 Å². The molecule has 4 rings (SSSR count). The molecule has 0 atom stereocenters. The fraction of sp³-hybridized carbons (Fsp3) is 0.280. The second kappa shape index (κ2) is 11.2. The van der Waals surface area contributed by atoms with E-state index in [0.29, 0.717) is 49.7 Å². The lowest BCUT2D eigenvalue weighted by Crippen LogP contribution is -2.48. The highest BCUT2D eigenvalue weighted by Crippen LogP contribution is 2.27. The van der Waals surface area contributed by atoms with Gasteiger partial charge in [0.25, 0.3) is 5.69 Å². The number of sulfonamides is 1. The first-order valence-corrected chi connectivity index (χ1v) is 14.0. The van der Waals surface area contributed by atoms with Gasteiger partial charge in [0.05, 0.1) is 9.82 Å². The molecule has 0 radical (unpaired) electrons. The van der Waals surface area contributed by atoms with E-state index in [4.69, 9.17) is 0 Å². The number of benzene rings is 3. The van der Waals surface area contributed by atoms with Crippen LogP contribution < -0.4 is 10.2 Å². The van der Waals surface area contributed by atoms with Crippen LogP contribution in [0, 0.1) is 10.1 Å². The highest BCUT2D eigenvalue weighted by Gasteiger charge is 2.29. The van der Waals surface area contributed by atoms with Crippen molar-refractivity contribution in [2.75, 3.05) is 37.3 Å².